The first-order chi connectivity index (χ1) is 16.6. The third kappa shape index (κ3) is 4.84. The predicted molar refractivity (Wildman–Crippen MR) is 134 cm³/mol. The van der Waals surface area contributed by atoms with Gasteiger partial charge in [0.25, 0.3) is 0 Å². The van der Waals surface area contributed by atoms with Crippen molar-refractivity contribution in [1.82, 2.24) is 24.5 Å². The maximum absolute atomic E-state index is 12.9. The highest BCUT2D eigenvalue weighted by molar-refractivity contribution is 6.36. The fraction of sp³-hybridized carbons (Fsp3) is 0.250. The number of piperidine rings is 1. The number of carbonyl (C=O) groups excluding carboxylic acids is 1. The second-order valence-electron chi connectivity index (χ2n) is 8.34. The molecule has 4 aromatic rings. The lowest BCUT2D eigenvalue weighted by molar-refractivity contribution is 0.192. The minimum atomic E-state index is -0.146. The molecule has 4 heterocycles. The van der Waals surface area contributed by atoms with Gasteiger partial charge in [-0.15, -0.1) is 0 Å². The van der Waals surface area contributed by atoms with Gasteiger partial charge in [-0.3, -0.25) is 4.98 Å². The van der Waals surface area contributed by atoms with E-state index in [1.165, 1.54) is 0 Å². The summed E-state index contributed by atoms with van der Waals surface area (Å²) < 4.78 is 1.71. The number of nitrogens with one attached hydrogen (secondary N) is 2. The van der Waals surface area contributed by atoms with Gasteiger partial charge in [-0.1, -0.05) is 23.7 Å². The molecule has 3 aromatic heterocycles. The first-order valence-electron chi connectivity index (χ1n) is 11.2. The number of urea groups is 1. The number of hydrogen-bond acceptors (Lipinski definition) is 5. The third-order valence-electron chi connectivity index (χ3n) is 5.92. The van der Waals surface area contributed by atoms with Gasteiger partial charge in [0, 0.05) is 60.9 Å². The van der Waals surface area contributed by atoms with Crippen molar-refractivity contribution in [2.24, 2.45) is 0 Å². The van der Waals surface area contributed by atoms with Crippen LogP contribution in [0.5, 0.6) is 0 Å². The van der Waals surface area contributed by atoms with E-state index < -0.39 is 0 Å². The number of fused-ring (bicyclic) bond motifs is 1. The molecule has 8 nitrogen and oxygen atoms in total. The Hall–Kier alpha value is -3.59. The molecule has 1 aliphatic heterocycles. The van der Waals surface area contributed by atoms with Gasteiger partial charge in [-0.05, 0) is 48.1 Å². The van der Waals surface area contributed by atoms with Crippen LogP contribution in [-0.2, 0) is 6.54 Å². The van der Waals surface area contributed by atoms with Crippen molar-refractivity contribution in [2.45, 2.75) is 25.3 Å². The first-order valence-corrected chi connectivity index (χ1v) is 11.5. The molecule has 0 bridgehead atoms. The smallest absolute Gasteiger partial charge is 0.321 e. The Morgan fingerprint density at radius 2 is 2.12 bits per heavy atom. The normalized spacial score (nSPS) is 15.9. The fourth-order valence-corrected chi connectivity index (χ4v) is 4.39. The Morgan fingerprint density at radius 1 is 1.21 bits per heavy atom. The summed E-state index contributed by atoms with van der Waals surface area (Å²) >= 11 is 6.05. The molecular weight excluding hydrogens is 449 g/mol. The molecule has 1 aliphatic rings. The standard InChI is InChI=1S/C24H23BClN7O/c25-20-14-29-33-22(28-13-16-4-2-8-27-12-16)11-21(31-23(20)33)17-5-3-9-32(15-17)24(34)30-19-7-1-6-18(26)10-19/h1-2,4,6-8,10-12,14,17,28H,3,5,9,13,15H2,(H,30,34). The molecule has 1 atom stereocenters. The van der Waals surface area contributed by atoms with Crippen LogP contribution < -0.4 is 16.1 Å². The van der Waals surface area contributed by atoms with Crippen LogP contribution in [0.4, 0.5) is 16.3 Å². The maximum Gasteiger partial charge on any atom is 0.321 e. The summed E-state index contributed by atoms with van der Waals surface area (Å²) in [4.78, 5) is 23.7. The van der Waals surface area contributed by atoms with Crippen LogP contribution in [0.15, 0.2) is 61.1 Å². The minimum absolute atomic E-state index is 0.0807. The van der Waals surface area contributed by atoms with Crippen molar-refractivity contribution < 1.29 is 4.79 Å². The van der Waals surface area contributed by atoms with Crippen LogP contribution in [-0.4, -0.2) is 51.4 Å². The number of likely N-dealkylation sites (tertiary alicyclic amines) is 1. The quantitative estimate of drug-likeness (QED) is 0.434. The van der Waals surface area contributed by atoms with Gasteiger partial charge in [-0.25, -0.2) is 9.78 Å². The topological polar surface area (TPSA) is 87.5 Å². The highest BCUT2D eigenvalue weighted by Gasteiger charge is 2.27. The average Bonchev–Trinajstić information content (AvgIpc) is 3.24. The van der Waals surface area contributed by atoms with Gasteiger partial charge in [0.1, 0.15) is 13.7 Å². The lowest BCUT2D eigenvalue weighted by atomic mass is 9.94. The molecule has 0 aliphatic carbocycles. The number of hydrogen-bond donors (Lipinski definition) is 2. The summed E-state index contributed by atoms with van der Waals surface area (Å²) in [6.45, 7) is 1.84. The van der Waals surface area contributed by atoms with Crippen molar-refractivity contribution in [3.63, 3.8) is 0 Å². The minimum Gasteiger partial charge on any atom is -0.366 e. The van der Waals surface area contributed by atoms with E-state index in [0.29, 0.717) is 41.5 Å². The Bertz CT molecular complexity index is 1310. The summed E-state index contributed by atoms with van der Waals surface area (Å²) in [6.07, 6.45) is 6.99. The van der Waals surface area contributed by atoms with Crippen molar-refractivity contribution >= 4 is 48.1 Å². The number of halogens is 1. The summed E-state index contributed by atoms with van der Waals surface area (Å²) in [5, 5.41) is 11.3. The second kappa shape index (κ2) is 9.73. The van der Waals surface area contributed by atoms with E-state index in [9.17, 15) is 4.79 Å². The molecule has 0 saturated carbocycles. The Kier molecular flexibility index (Phi) is 6.36. The molecule has 1 unspecified atom stereocenters. The molecule has 0 spiro atoms. The van der Waals surface area contributed by atoms with E-state index in [4.69, 9.17) is 24.4 Å². The molecular formula is C24H23BClN7O. The van der Waals surface area contributed by atoms with E-state index in [0.717, 1.165) is 29.9 Å². The third-order valence-corrected chi connectivity index (χ3v) is 6.15. The zero-order valence-corrected chi connectivity index (χ0v) is 19.2. The number of benzene rings is 1. The van der Waals surface area contributed by atoms with E-state index in [2.05, 4.69) is 20.7 Å². The number of nitrogens with zero attached hydrogens (tertiary/aromatic N) is 5. The fourth-order valence-electron chi connectivity index (χ4n) is 4.20. The summed E-state index contributed by atoms with van der Waals surface area (Å²) in [7, 11) is 6.16. The molecule has 34 heavy (non-hydrogen) atoms. The first kappa shape index (κ1) is 22.2. The van der Waals surface area contributed by atoms with Gasteiger partial charge in [0.05, 0.1) is 5.69 Å². The monoisotopic (exact) mass is 471 g/mol. The zero-order chi connectivity index (χ0) is 23.5. The van der Waals surface area contributed by atoms with Crippen LogP contribution in [0, 0.1) is 0 Å². The predicted octanol–water partition coefficient (Wildman–Crippen LogP) is 3.60. The van der Waals surface area contributed by atoms with Crippen molar-refractivity contribution in [3.8, 4) is 0 Å². The van der Waals surface area contributed by atoms with Gasteiger partial charge in [0.15, 0.2) is 5.65 Å². The number of amides is 2. The molecule has 1 fully saturated rings. The van der Waals surface area contributed by atoms with Crippen LogP contribution >= 0.6 is 11.6 Å². The van der Waals surface area contributed by atoms with Gasteiger partial charge in [0.2, 0.25) is 0 Å². The van der Waals surface area contributed by atoms with Crippen LogP contribution in [0.3, 0.4) is 0 Å². The molecule has 5 rings (SSSR count). The number of carbonyl (C=O) groups is 1. The maximum atomic E-state index is 12.9. The second-order valence-corrected chi connectivity index (χ2v) is 8.78. The lowest BCUT2D eigenvalue weighted by Crippen LogP contribution is -2.41. The largest absolute Gasteiger partial charge is 0.366 e. The lowest BCUT2D eigenvalue weighted by Gasteiger charge is -2.32. The number of anilines is 2. The number of aromatic nitrogens is 4. The Balaban J connectivity index is 1.36. The van der Waals surface area contributed by atoms with Crippen LogP contribution in [0.1, 0.15) is 30.0 Å². The van der Waals surface area contributed by atoms with Crippen molar-refractivity contribution in [2.75, 3.05) is 23.7 Å². The van der Waals surface area contributed by atoms with Gasteiger partial charge in [-0.2, -0.15) is 9.61 Å². The zero-order valence-electron chi connectivity index (χ0n) is 18.5. The average molecular weight is 472 g/mol. The molecule has 170 valence electrons. The molecule has 10 heteroatoms. The number of rotatable bonds is 5. The van der Waals surface area contributed by atoms with E-state index in [-0.39, 0.29) is 11.9 Å². The Labute approximate surface area is 203 Å². The highest BCUT2D eigenvalue weighted by atomic mass is 35.5. The van der Waals surface area contributed by atoms with Gasteiger partial charge >= 0.3 is 6.03 Å². The summed E-state index contributed by atoms with van der Waals surface area (Å²) in [5.74, 6) is 0.873. The molecule has 2 radical (unpaired) electrons. The van der Waals surface area contributed by atoms with Crippen LogP contribution in [0.25, 0.3) is 5.65 Å². The highest BCUT2D eigenvalue weighted by Crippen LogP contribution is 2.28. The van der Waals surface area contributed by atoms with E-state index >= 15 is 0 Å². The molecule has 2 amide bonds. The number of pyridine rings is 1. The molecule has 1 saturated heterocycles. The van der Waals surface area contributed by atoms with Crippen LogP contribution in [0.2, 0.25) is 5.02 Å². The SMILES string of the molecule is [B]c1cnn2c(NCc3cccnc3)cc(C3CCCN(C(=O)Nc4cccc(Cl)c4)C3)nc12. The van der Waals surface area contributed by atoms with Crippen molar-refractivity contribution in [3.05, 3.63) is 77.3 Å². The molecule has 1 aromatic carbocycles. The van der Waals surface area contributed by atoms with E-state index in [1.807, 2.05) is 41.4 Å². The van der Waals surface area contributed by atoms with E-state index in [1.54, 1.807) is 29.0 Å². The summed E-state index contributed by atoms with van der Waals surface area (Å²) in [6, 6.07) is 12.9. The van der Waals surface area contributed by atoms with Gasteiger partial charge < -0.3 is 15.5 Å². The van der Waals surface area contributed by atoms with Crippen molar-refractivity contribution in [1.29, 1.82) is 0 Å². The summed E-state index contributed by atoms with van der Waals surface area (Å²) in [5.41, 5.74) is 3.72. The Morgan fingerprint density at radius 3 is 2.94 bits per heavy atom. The molecule has 2 N–H and O–H groups in total.